The van der Waals surface area contributed by atoms with Gasteiger partial charge in [0.05, 0.1) is 5.60 Å². The lowest BCUT2D eigenvalue weighted by molar-refractivity contribution is 0.0296. The van der Waals surface area contributed by atoms with Crippen molar-refractivity contribution in [2.24, 2.45) is 0 Å². The Morgan fingerprint density at radius 2 is 1.85 bits per heavy atom. The van der Waals surface area contributed by atoms with Crippen LogP contribution >= 0.6 is 0 Å². The van der Waals surface area contributed by atoms with Gasteiger partial charge in [0.15, 0.2) is 0 Å². The molecule has 3 nitrogen and oxygen atoms in total. The molecule has 0 fully saturated rings. The average molecular weight is 189 g/mol. The molecule has 0 bridgehead atoms. The predicted octanol–water partition coefficient (Wildman–Crippen LogP) is 0.898. The second-order valence-corrected chi connectivity index (χ2v) is 3.73. The molecule has 0 radical (unpaired) electrons. The molecule has 0 rings (SSSR count). The molecule has 0 aromatic heterocycles. The Labute approximate surface area is 81.2 Å². The van der Waals surface area contributed by atoms with E-state index in [2.05, 4.69) is 5.32 Å². The number of rotatable bonds is 7. The Morgan fingerprint density at radius 1 is 1.31 bits per heavy atom. The van der Waals surface area contributed by atoms with Crippen LogP contribution in [0.3, 0.4) is 0 Å². The molecular weight excluding hydrogens is 166 g/mol. The minimum Gasteiger partial charge on any atom is -0.396 e. The first kappa shape index (κ1) is 12.9. The topological polar surface area (TPSA) is 52.5 Å². The van der Waals surface area contributed by atoms with Crippen LogP contribution in [0.4, 0.5) is 0 Å². The van der Waals surface area contributed by atoms with Gasteiger partial charge in [0, 0.05) is 19.2 Å². The Morgan fingerprint density at radius 3 is 2.23 bits per heavy atom. The molecule has 0 aromatic carbocycles. The van der Waals surface area contributed by atoms with E-state index in [4.69, 9.17) is 5.11 Å². The van der Waals surface area contributed by atoms with Crippen LogP contribution in [0.5, 0.6) is 0 Å². The van der Waals surface area contributed by atoms with Crippen molar-refractivity contribution in [1.82, 2.24) is 5.32 Å². The first-order valence-corrected chi connectivity index (χ1v) is 5.14. The molecule has 0 amide bonds. The molecule has 0 saturated heterocycles. The van der Waals surface area contributed by atoms with Crippen LogP contribution in [-0.2, 0) is 0 Å². The number of hydrogen-bond acceptors (Lipinski definition) is 3. The zero-order valence-electron chi connectivity index (χ0n) is 9.01. The summed E-state index contributed by atoms with van der Waals surface area (Å²) in [6.07, 6.45) is 2.27. The highest BCUT2D eigenvalue weighted by molar-refractivity contribution is 4.79. The van der Waals surface area contributed by atoms with E-state index in [1.54, 1.807) is 0 Å². The van der Waals surface area contributed by atoms with Crippen molar-refractivity contribution >= 4 is 0 Å². The van der Waals surface area contributed by atoms with E-state index in [0.29, 0.717) is 6.54 Å². The molecular formula is C10H23NO2. The summed E-state index contributed by atoms with van der Waals surface area (Å²) < 4.78 is 0. The molecule has 0 aliphatic rings. The van der Waals surface area contributed by atoms with Crippen LogP contribution in [0.15, 0.2) is 0 Å². The number of aliphatic hydroxyl groups is 2. The molecule has 1 atom stereocenters. The van der Waals surface area contributed by atoms with Gasteiger partial charge in [-0.05, 0) is 26.2 Å². The number of hydrogen-bond donors (Lipinski definition) is 3. The molecule has 0 spiro atoms. The summed E-state index contributed by atoms with van der Waals surface area (Å²) in [6, 6.07) is 0.273. The van der Waals surface area contributed by atoms with E-state index in [1.165, 1.54) is 0 Å². The van der Waals surface area contributed by atoms with Gasteiger partial charge in [-0.2, -0.15) is 0 Å². The Hall–Kier alpha value is -0.120. The monoisotopic (exact) mass is 189 g/mol. The van der Waals surface area contributed by atoms with Gasteiger partial charge in [-0.3, -0.25) is 0 Å². The zero-order chi connectivity index (χ0) is 10.3. The van der Waals surface area contributed by atoms with Crippen LogP contribution in [0.1, 0.15) is 40.0 Å². The third kappa shape index (κ3) is 5.24. The molecule has 1 unspecified atom stereocenters. The van der Waals surface area contributed by atoms with Gasteiger partial charge in [-0.25, -0.2) is 0 Å². The summed E-state index contributed by atoms with van der Waals surface area (Å²) in [5.74, 6) is 0. The van der Waals surface area contributed by atoms with E-state index in [1.807, 2.05) is 20.8 Å². The molecule has 0 heterocycles. The van der Waals surface area contributed by atoms with Crippen LogP contribution in [0, 0.1) is 0 Å². The maximum Gasteiger partial charge on any atom is 0.0766 e. The molecule has 0 saturated carbocycles. The zero-order valence-corrected chi connectivity index (χ0v) is 9.01. The van der Waals surface area contributed by atoms with Gasteiger partial charge >= 0.3 is 0 Å². The van der Waals surface area contributed by atoms with Gasteiger partial charge < -0.3 is 15.5 Å². The number of aliphatic hydroxyl groups excluding tert-OH is 1. The predicted molar refractivity (Wildman–Crippen MR) is 54.7 cm³/mol. The fourth-order valence-corrected chi connectivity index (χ4v) is 1.16. The lowest BCUT2D eigenvalue weighted by atomic mass is 9.97. The molecule has 0 aliphatic heterocycles. The summed E-state index contributed by atoms with van der Waals surface area (Å²) in [7, 11) is 0. The van der Waals surface area contributed by atoms with Crippen molar-refractivity contribution in [2.45, 2.75) is 51.7 Å². The van der Waals surface area contributed by atoms with Crippen molar-refractivity contribution in [3.63, 3.8) is 0 Å². The third-order valence-electron chi connectivity index (χ3n) is 2.66. The lowest BCUT2D eigenvalue weighted by Crippen LogP contribution is -2.43. The van der Waals surface area contributed by atoms with Crippen molar-refractivity contribution in [2.75, 3.05) is 13.2 Å². The average Bonchev–Trinajstić information content (AvgIpc) is 2.15. The highest BCUT2D eigenvalue weighted by Gasteiger charge is 2.21. The van der Waals surface area contributed by atoms with Crippen molar-refractivity contribution in [3.8, 4) is 0 Å². The molecule has 13 heavy (non-hydrogen) atoms. The first-order valence-electron chi connectivity index (χ1n) is 5.14. The normalized spacial score (nSPS) is 14.5. The lowest BCUT2D eigenvalue weighted by Gasteiger charge is -2.27. The maximum atomic E-state index is 9.92. The third-order valence-corrected chi connectivity index (χ3v) is 2.66. The highest BCUT2D eigenvalue weighted by Crippen LogP contribution is 2.13. The smallest absolute Gasteiger partial charge is 0.0766 e. The molecule has 3 N–H and O–H groups in total. The summed E-state index contributed by atoms with van der Waals surface area (Å²) >= 11 is 0. The van der Waals surface area contributed by atoms with Crippen molar-refractivity contribution < 1.29 is 10.2 Å². The van der Waals surface area contributed by atoms with E-state index < -0.39 is 5.60 Å². The SMILES string of the molecule is CCC(O)(CC)CNC(C)CCO. The molecule has 80 valence electrons. The second-order valence-electron chi connectivity index (χ2n) is 3.73. The maximum absolute atomic E-state index is 9.92. The van der Waals surface area contributed by atoms with Gasteiger partial charge in [-0.15, -0.1) is 0 Å². The first-order chi connectivity index (χ1) is 6.08. The van der Waals surface area contributed by atoms with Gasteiger partial charge in [0.2, 0.25) is 0 Å². The largest absolute Gasteiger partial charge is 0.396 e. The highest BCUT2D eigenvalue weighted by atomic mass is 16.3. The Balaban J connectivity index is 3.71. The van der Waals surface area contributed by atoms with Crippen LogP contribution in [0.25, 0.3) is 0 Å². The fraction of sp³-hybridized carbons (Fsp3) is 1.00. The summed E-state index contributed by atoms with van der Waals surface area (Å²) in [5, 5.41) is 21.8. The van der Waals surface area contributed by atoms with E-state index >= 15 is 0 Å². The van der Waals surface area contributed by atoms with Gasteiger partial charge in [0.1, 0.15) is 0 Å². The minimum atomic E-state index is -0.580. The summed E-state index contributed by atoms with van der Waals surface area (Å²) in [5.41, 5.74) is -0.580. The Kier molecular flexibility index (Phi) is 6.29. The van der Waals surface area contributed by atoms with Crippen molar-refractivity contribution in [1.29, 1.82) is 0 Å². The van der Waals surface area contributed by atoms with E-state index in [-0.39, 0.29) is 12.6 Å². The quantitative estimate of drug-likeness (QED) is 0.557. The molecule has 3 heteroatoms. The second kappa shape index (κ2) is 6.35. The summed E-state index contributed by atoms with van der Waals surface area (Å²) in [6.45, 7) is 6.80. The molecule has 0 aliphatic carbocycles. The molecule has 0 aromatic rings. The van der Waals surface area contributed by atoms with E-state index in [9.17, 15) is 5.11 Å². The van der Waals surface area contributed by atoms with E-state index in [0.717, 1.165) is 19.3 Å². The van der Waals surface area contributed by atoms with Crippen LogP contribution in [-0.4, -0.2) is 35.0 Å². The van der Waals surface area contributed by atoms with Gasteiger partial charge in [-0.1, -0.05) is 13.8 Å². The van der Waals surface area contributed by atoms with Crippen LogP contribution < -0.4 is 5.32 Å². The standard InChI is InChI=1S/C10H23NO2/c1-4-10(13,5-2)8-11-9(3)6-7-12/h9,11-13H,4-8H2,1-3H3. The minimum absolute atomic E-state index is 0.199. The van der Waals surface area contributed by atoms with Crippen molar-refractivity contribution in [3.05, 3.63) is 0 Å². The van der Waals surface area contributed by atoms with Crippen LogP contribution in [0.2, 0.25) is 0 Å². The Bertz CT molecular complexity index is 124. The summed E-state index contributed by atoms with van der Waals surface area (Å²) in [4.78, 5) is 0. The fourth-order valence-electron chi connectivity index (χ4n) is 1.16. The number of nitrogens with one attached hydrogen (secondary N) is 1. The van der Waals surface area contributed by atoms with Gasteiger partial charge in [0.25, 0.3) is 0 Å².